The van der Waals surface area contributed by atoms with Crippen molar-refractivity contribution in [2.75, 3.05) is 6.61 Å². The first-order valence-electron chi connectivity index (χ1n) is 6.49. The van der Waals surface area contributed by atoms with Crippen LogP contribution < -0.4 is 15.8 Å². The fourth-order valence-corrected chi connectivity index (χ4v) is 1.83. The molecular weight excluding hydrogens is 228 g/mol. The highest BCUT2D eigenvalue weighted by Gasteiger charge is 2.28. The first-order chi connectivity index (χ1) is 8.70. The molecule has 1 aliphatic carbocycles. The van der Waals surface area contributed by atoms with Crippen LogP contribution >= 0.6 is 0 Å². The molecule has 98 valence electrons. The molecule has 2 rings (SSSR count). The molecule has 0 saturated heterocycles. The molecule has 1 fully saturated rings. The lowest BCUT2D eigenvalue weighted by atomic mass is 10.1. The number of nitrogens with two attached hydrogens (primary N) is 1. The van der Waals surface area contributed by atoms with Crippen LogP contribution in [0.3, 0.4) is 0 Å². The van der Waals surface area contributed by atoms with E-state index in [9.17, 15) is 4.79 Å². The predicted molar refractivity (Wildman–Crippen MR) is 70.3 cm³/mol. The highest BCUT2D eigenvalue weighted by atomic mass is 16.5. The van der Waals surface area contributed by atoms with Crippen molar-refractivity contribution in [2.45, 2.75) is 38.3 Å². The van der Waals surface area contributed by atoms with Crippen LogP contribution in [0.1, 0.15) is 37.8 Å². The Morgan fingerprint density at radius 3 is 2.94 bits per heavy atom. The smallest absolute Gasteiger partial charge is 0.239 e. The van der Waals surface area contributed by atoms with Gasteiger partial charge in [-0.3, -0.25) is 10.1 Å². The van der Waals surface area contributed by atoms with Gasteiger partial charge in [0, 0.05) is 6.04 Å². The van der Waals surface area contributed by atoms with Gasteiger partial charge in [-0.15, -0.1) is 0 Å². The second kappa shape index (κ2) is 5.87. The Balaban J connectivity index is 2.10. The number of hydrogen-bond acceptors (Lipinski definition) is 3. The molecule has 0 aromatic heterocycles. The Morgan fingerprint density at radius 1 is 1.56 bits per heavy atom. The summed E-state index contributed by atoms with van der Waals surface area (Å²) < 4.78 is 5.57. The molecule has 1 aliphatic rings. The molecule has 3 N–H and O–H groups in total. The fraction of sp³-hybridized carbons (Fsp3) is 0.500. The Bertz CT molecular complexity index is 416. The van der Waals surface area contributed by atoms with E-state index < -0.39 is 6.04 Å². The molecule has 0 aliphatic heterocycles. The largest absolute Gasteiger partial charge is 0.494 e. The van der Waals surface area contributed by atoms with E-state index in [-0.39, 0.29) is 5.91 Å². The second-order valence-electron chi connectivity index (χ2n) is 4.70. The van der Waals surface area contributed by atoms with Crippen LogP contribution in [0.15, 0.2) is 24.3 Å². The van der Waals surface area contributed by atoms with Crippen molar-refractivity contribution < 1.29 is 9.53 Å². The van der Waals surface area contributed by atoms with Gasteiger partial charge in [0.1, 0.15) is 11.8 Å². The zero-order valence-electron chi connectivity index (χ0n) is 10.7. The van der Waals surface area contributed by atoms with Crippen molar-refractivity contribution in [1.29, 1.82) is 0 Å². The van der Waals surface area contributed by atoms with Gasteiger partial charge in [0.15, 0.2) is 0 Å². The van der Waals surface area contributed by atoms with Crippen LogP contribution in [0.4, 0.5) is 0 Å². The van der Waals surface area contributed by atoms with E-state index in [1.807, 2.05) is 24.3 Å². The maximum atomic E-state index is 11.5. The topological polar surface area (TPSA) is 64.3 Å². The number of benzene rings is 1. The lowest BCUT2D eigenvalue weighted by Crippen LogP contribution is -2.34. The van der Waals surface area contributed by atoms with Crippen molar-refractivity contribution in [2.24, 2.45) is 5.73 Å². The minimum Gasteiger partial charge on any atom is -0.494 e. The van der Waals surface area contributed by atoms with Gasteiger partial charge in [-0.1, -0.05) is 19.1 Å². The summed E-state index contributed by atoms with van der Waals surface area (Å²) in [7, 11) is 0. The molecule has 0 radical (unpaired) electrons. The summed E-state index contributed by atoms with van der Waals surface area (Å²) >= 11 is 0. The molecule has 18 heavy (non-hydrogen) atoms. The van der Waals surface area contributed by atoms with E-state index in [1.54, 1.807) is 0 Å². The molecule has 1 amide bonds. The molecule has 0 heterocycles. The normalized spacial score (nSPS) is 16.3. The number of amides is 1. The third kappa shape index (κ3) is 3.47. The molecule has 1 aromatic carbocycles. The number of ether oxygens (including phenoxy) is 1. The number of primary amides is 1. The quantitative estimate of drug-likeness (QED) is 0.772. The molecule has 4 nitrogen and oxygen atoms in total. The molecule has 1 aromatic rings. The van der Waals surface area contributed by atoms with Gasteiger partial charge in [-0.05, 0) is 37.0 Å². The van der Waals surface area contributed by atoms with Crippen molar-refractivity contribution in [3.05, 3.63) is 29.8 Å². The van der Waals surface area contributed by atoms with Gasteiger partial charge in [-0.25, -0.2) is 0 Å². The molecule has 0 bridgehead atoms. The monoisotopic (exact) mass is 248 g/mol. The van der Waals surface area contributed by atoms with Crippen molar-refractivity contribution in [3.63, 3.8) is 0 Å². The van der Waals surface area contributed by atoms with Crippen LogP contribution in [0.2, 0.25) is 0 Å². The van der Waals surface area contributed by atoms with Gasteiger partial charge < -0.3 is 10.5 Å². The highest BCUT2D eigenvalue weighted by molar-refractivity contribution is 5.81. The van der Waals surface area contributed by atoms with Gasteiger partial charge in [0.25, 0.3) is 0 Å². The summed E-state index contributed by atoms with van der Waals surface area (Å²) in [5.74, 6) is 0.452. The maximum absolute atomic E-state index is 11.5. The average Bonchev–Trinajstić information content (AvgIpc) is 3.17. The molecule has 1 unspecified atom stereocenters. The van der Waals surface area contributed by atoms with Crippen LogP contribution in [-0.4, -0.2) is 18.6 Å². The first-order valence-corrected chi connectivity index (χ1v) is 6.49. The molecule has 0 spiro atoms. The van der Waals surface area contributed by atoms with E-state index in [1.165, 1.54) is 0 Å². The van der Waals surface area contributed by atoms with Crippen LogP contribution in [0.25, 0.3) is 0 Å². The van der Waals surface area contributed by atoms with Crippen LogP contribution in [0.5, 0.6) is 5.75 Å². The number of carbonyl (C=O) groups is 1. The van der Waals surface area contributed by atoms with Crippen LogP contribution in [-0.2, 0) is 4.79 Å². The summed E-state index contributed by atoms with van der Waals surface area (Å²) in [6, 6.07) is 7.61. The van der Waals surface area contributed by atoms with Crippen molar-refractivity contribution in [1.82, 2.24) is 5.32 Å². The summed E-state index contributed by atoms with van der Waals surface area (Å²) in [6.45, 7) is 2.74. The standard InChI is InChI=1S/C14H20N2O2/c1-2-8-18-12-5-3-4-10(9-12)13(14(15)17)16-11-6-7-11/h3-5,9,11,13,16H,2,6-8H2,1H3,(H2,15,17). The van der Waals surface area contributed by atoms with Gasteiger partial charge in [-0.2, -0.15) is 0 Å². The summed E-state index contributed by atoms with van der Waals surface area (Å²) in [4.78, 5) is 11.5. The van der Waals surface area contributed by atoms with Crippen LogP contribution in [0, 0.1) is 0 Å². The van der Waals surface area contributed by atoms with Crippen molar-refractivity contribution in [3.8, 4) is 5.75 Å². The highest BCUT2D eigenvalue weighted by Crippen LogP contribution is 2.25. The SMILES string of the molecule is CCCOc1cccc(C(NC2CC2)C(N)=O)c1. The maximum Gasteiger partial charge on any atom is 0.239 e. The third-order valence-electron chi connectivity index (χ3n) is 2.93. The summed E-state index contributed by atoms with van der Waals surface area (Å²) in [5, 5.41) is 3.26. The predicted octanol–water partition coefficient (Wildman–Crippen LogP) is 1.75. The second-order valence-corrected chi connectivity index (χ2v) is 4.70. The first kappa shape index (κ1) is 12.9. The summed E-state index contributed by atoms with van der Waals surface area (Å²) in [5.41, 5.74) is 6.33. The molecule has 4 heteroatoms. The Hall–Kier alpha value is -1.55. The fourth-order valence-electron chi connectivity index (χ4n) is 1.83. The lowest BCUT2D eigenvalue weighted by molar-refractivity contribution is -0.120. The number of nitrogens with one attached hydrogen (secondary N) is 1. The average molecular weight is 248 g/mol. The van der Waals surface area contributed by atoms with E-state index >= 15 is 0 Å². The Kier molecular flexibility index (Phi) is 4.20. The minimum absolute atomic E-state index is 0.338. The van der Waals surface area contributed by atoms with E-state index in [0.29, 0.717) is 12.6 Å². The van der Waals surface area contributed by atoms with E-state index in [4.69, 9.17) is 10.5 Å². The van der Waals surface area contributed by atoms with Gasteiger partial charge in [0.2, 0.25) is 5.91 Å². The zero-order chi connectivity index (χ0) is 13.0. The zero-order valence-corrected chi connectivity index (χ0v) is 10.7. The van der Waals surface area contributed by atoms with Gasteiger partial charge >= 0.3 is 0 Å². The van der Waals surface area contributed by atoms with E-state index in [2.05, 4.69) is 12.2 Å². The Morgan fingerprint density at radius 2 is 2.33 bits per heavy atom. The number of hydrogen-bond donors (Lipinski definition) is 2. The molecule has 1 saturated carbocycles. The summed E-state index contributed by atoms with van der Waals surface area (Å²) in [6.07, 6.45) is 3.20. The minimum atomic E-state index is -0.414. The molecular formula is C14H20N2O2. The number of carbonyl (C=O) groups excluding carboxylic acids is 1. The number of rotatable bonds is 7. The Labute approximate surface area is 108 Å². The van der Waals surface area contributed by atoms with Gasteiger partial charge in [0.05, 0.1) is 6.61 Å². The molecule has 1 atom stereocenters. The van der Waals surface area contributed by atoms with E-state index in [0.717, 1.165) is 30.6 Å². The lowest BCUT2D eigenvalue weighted by Gasteiger charge is -2.16. The van der Waals surface area contributed by atoms with Crippen molar-refractivity contribution >= 4 is 5.91 Å². The third-order valence-corrected chi connectivity index (χ3v) is 2.93.